The Morgan fingerprint density at radius 2 is 1.51 bits per heavy atom. The van der Waals surface area contributed by atoms with E-state index in [1.807, 2.05) is 103 Å². The standard InChI is InChI=1S/C28H24N6O.2ClH/c1-34-15-12-23(13-16-34)31-24-4-2-3-19(17-24)28(35)33-22-8-6-21(7-9-22)32-26-11-14-30-27-18-20(29)5-10-25(26)27;;/h2-18H,1H3,(H4,29,30,32,33,35);2*1H. The summed E-state index contributed by atoms with van der Waals surface area (Å²) >= 11 is 0. The molecular formula is C28H26Cl2N6O. The lowest BCUT2D eigenvalue weighted by Gasteiger charge is -2.11. The zero-order chi connectivity index (χ0) is 24.2. The molecule has 5 aromatic rings. The van der Waals surface area contributed by atoms with Gasteiger partial charge in [0, 0.05) is 57.7 Å². The molecule has 0 fully saturated rings. The molecule has 0 radical (unpaired) electrons. The second kappa shape index (κ2) is 12.1. The van der Waals surface area contributed by atoms with Crippen LogP contribution in [0.3, 0.4) is 0 Å². The highest BCUT2D eigenvalue weighted by Gasteiger charge is 2.08. The molecule has 0 aliphatic rings. The number of halogens is 2. The van der Waals surface area contributed by atoms with Crippen molar-refractivity contribution in [3.63, 3.8) is 0 Å². The highest BCUT2D eigenvalue weighted by molar-refractivity contribution is 6.05. The van der Waals surface area contributed by atoms with Crippen molar-refractivity contribution in [3.05, 3.63) is 109 Å². The molecule has 3 aromatic carbocycles. The summed E-state index contributed by atoms with van der Waals surface area (Å²) in [7, 11) is 1.97. The van der Waals surface area contributed by atoms with Gasteiger partial charge < -0.3 is 34.1 Å². The molecule has 0 bridgehead atoms. The minimum atomic E-state index is -0.175. The maximum absolute atomic E-state index is 12.8. The van der Waals surface area contributed by atoms with E-state index in [2.05, 4.69) is 20.9 Å². The molecule has 0 saturated heterocycles. The normalized spacial score (nSPS) is 10.1. The third-order valence-corrected chi connectivity index (χ3v) is 5.58. The average Bonchev–Trinajstić information content (AvgIpc) is 2.87. The molecule has 2 heterocycles. The second-order valence-electron chi connectivity index (χ2n) is 8.25. The zero-order valence-corrected chi connectivity index (χ0v) is 21.6. The highest BCUT2D eigenvalue weighted by atomic mass is 35.5. The number of carbonyl (C=O) groups is 1. The van der Waals surface area contributed by atoms with Crippen molar-refractivity contribution in [1.82, 2.24) is 4.98 Å². The number of carbonyl (C=O) groups excluding carboxylic acids is 1. The van der Waals surface area contributed by atoms with Gasteiger partial charge in [0.2, 0.25) is 0 Å². The molecule has 5 rings (SSSR count). The van der Waals surface area contributed by atoms with Crippen LogP contribution in [0.25, 0.3) is 10.9 Å². The summed E-state index contributed by atoms with van der Waals surface area (Å²) in [4.78, 5) is 17.2. The van der Waals surface area contributed by atoms with Crippen LogP contribution in [-0.4, -0.2) is 10.9 Å². The Morgan fingerprint density at radius 1 is 0.811 bits per heavy atom. The Labute approximate surface area is 227 Å². The number of nitrogens with zero attached hydrogens (tertiary/aromatic N) is 2. The lowest BCUT2D eigenvalue weighted by Crippen LogP contribution is -3.00. The first kappa shape index (κ1) is 27.3. The van der Waals surface area contributed by atoms with Gasteiger partial charge in [-0.3, -0.25) is 9.78 Å². The first-order valence-corrected chi connectivity index (χ1v) is 11.2. The fourth-order valence-electron chi connectivity index (χ4n) is 3.76. The fourth-order valence-corrected chi connectivity index (χ4v) is 3.76. The first-order chi connectivity index (χ1) is 17.0. The van der Waals surface area contributed by atoms with E-state index in [1.165, 1.54) is 0 Å². The van der Waals surface area contributed by atoms with Crippen molar-refractivity contribution in [3.8, 4) is 0 Å². The number of benzene rings is 3. The monoisotopic (exact) mass is 532 g/mol. The third kappa shape index (κ3) is 6.67. The van der Waals surface area contributed by atoms with E-state index in [9.17, 15) is 4.79 Å². The van der Waals surface area contributed by atoms with Crippen molar-refractivity contribution in [2.45, 2.75) is 0 Å². The summed E-state index contributed by atoms with van der Waals surface area (Å²) in [6.07, 6.45) is 5.67. The maximum Gasteiger partial charge on any atom is 0.255 e. The smallest absolute Gasteiger partial charge is 0.255 e. The Hall–Kier alpha value is -4.33. The van der Waals surface area contributed by atoms with Gasteiger partial charge in [-0.05, 0) is 66.7 Å². The molecule has 0 aliphatic heterocycles. The molecule has 188 valence electrons. The topological polar surface area (TPSA) is 96.0 Å². The van der Waals surface area contributed by atoms with Crippen LogP contribution < -0.4 is 38.7 Å². The molecule has 9 heteroatoms. The van der Waals surface area contributed by atoms with E-state index < -0.39 is 0 Å². The number of pyridine rings is 2. The van der Waals surface area contributed by atoms with E-state index >= 15 is 0 Å². The summed E-state index contributed by atoms with van der Waals surface area (Å²) in [5.41, 5.74) is 12.3. The SMILES string of the molecule is C[n+]1ccc(Nc2cccc(C(=O)Nc3ccc(Nc4ccnc5cc(N)ccc45)cc3)c2)cc1.Cl.[Cl-]. The number of rotatable bonds is 6. The van der Waals surface area contributed by atoms with Crippen molar-refractivity contribution in [1.29, 1.82) is 0 Å². The largest absolute Gasteiger partial charge is 1.00 e. The number of nitrogen functional groups attached to an aromatic ring is 1. The van der Waals surface area contributed by atoms with E-state index in [1.54, 1.807) is 12.3 Å². The van der Waals surface area contributed by atoms with Crippen LogP contribution >= 0.6 is 12.4 Å². The number of fused-ring (bicyclic) bond motifs is 1. The summed E-state index contributed by atoms with van der Waals surface area (Å²) in [5, 5.41) is 10.7. The third-order valence-electron chi connectivity index (χ3n) is 5.58. The van der Waals surface area contributed by atoms with E-state index in [-0.39, 0.29) is 30.7 Å². The Morgan fingerprint density at radius 3 is 2.27 bits per heavy atom. The van der Waals surface area contributed by atoms with Crippen LogP contribution in [0.5, 0.6) is 0 Å². The van der Waals surface area contributed by atoms with Gasteiger partial charge in [-0.2, -0.15) is 0 Å². The van der Waals surface area contributed by atoms with Gasteiger partial charge in [-0.1, -0.05) is 6.07 Å². The summed E-state index contributed by atoms with van der Waals surface area (Å²) in [5.74, 6) is -0.175. The van der Waals surface area contributed by atoms with E-state index in [4.69, 9.17) is 5.73 Å². The fraction of sp³-hybridized carbons (Fsp3) is 0.0357. The van der Waals surface area contributed by atoms with Crippen LogP contribution in [0.1, 0.15) is 10.4 Å². The minimum absolute atomic E-state index is 0. The molecule has 0 unspecified atom stereocenters. The Kier molecular flexibility index (Phi) is 8.90. The van der Waals surface area contributed by atoms with Gasteiger partial charge in [0.25, 0.3) is 5.91 Å². The number of anilines is 6. The molecule has 5 N–H and O–H groups in total. The number of hydrogen-bond donors (Lipinski definition) is 4. The predicted molar refractivity (Wildman–Crippen MR) is 148 cm³/mol. The van der Waals surface area contributed by atoms with Crippen molar-refractivity contribution in [2.24, 2.45) is 7.05 Å². The number of hydrogen-bond acceptors (Lipinski definition) is 5. The van der Waals surface area contributed by atoms with Crippen LogP contribution in [0.2, 0.25) is 0 Å². The van der Waals surface area contributed by atoms with Crippen LogP contribution in [0.15, 0.2) is 104 Å². The van der Waals surface area contributed by atoms with Gasteiger partial charge >= 0.3 is 0 Å². The van der Waals surface area contributed by atoms with Crippen molar-refractivity contribution >= 4 is 63.3 Å². The number of aryl methyl sites for hydroxylation is 1. The summed E-state index contributed by atoms with van der Waals surface area (Å²) in [6, 6.07) is 26.5. The number of nitrogens with two attached hydrogens (primary N) is 1. The molecule has 2 aromatic heterocycles. The van der Waals surface area contributed by atoms with Crippen molar-refractivity contribution < 1.29 is 21.8 Å². The molecular weight excluding hydrogens is 507 g/mol. The summed E-state index contributed by atoms with van der Waals surface area (Å²) < 4.78 is 1.96. The quantitative estimate of drug-likeness (QED) is 0.199. The minimum Gasteiger partial charge on any atom is -1.00 e. The molecule has 0 aliphatic carbocycles. The van der Waals surface area contributed by atoms with Gasteiger partial charge in [0.05, 0.1) is 11.2 Å². The average molecular weight is 533 g/mol. The molecule has 0 saturated carbocycles. The second-order valence-corrected chi connectivity index (χ2v) is 8.25. The highest BCUT2D eigenvalue weighted by Crippen LogP contribution is 2.27. The number of aromatic nitrogens is 2. The van der Waals surface area contributed by atoms with E-state index in [0.29, 0.717) is 16.9 Å². The predicted octanol–water partition coefficient (Wildman–Crippen LogP) is 2.81. The summed E-state index contributed by atoms with van der Waals surface area (Å²) in [6.45, 7) is 0. The molecule has 37 heavy (non-hydrogen) atoms. The number of amides is 1. The van der Waals surface area contributed by atoms with Crippen molar-refractivity contribution in [2.75, 3.05) is 21.7 Å². The van der Waals surface area contributed by atoms with E-state index in [0.717, 1.165) is 33.7 Å². The molecule has 7 nitrogen and oxygen atoms in total. The Bertz CT molecular complexity index is 1510. The molecule has 0 atom stereocenters. The lowest BCUT2D eigenvalue weighted by molar-refractivity contribution is -0.671. The molecule has 0 spiro atoms. The Balaban J connectivity index is 0.00000190. The van der Waals surface area contributed by atoms with Gasteiger partial charge in [0.1, 0.15) is 7.05 Å². The van der Waals surface area contributed by atoms with Crippen LogP contribution in [0.4, 0.5) is 34.1 Å². The maximum atomic E-state index is 12.8. The number of nitrogens with one attached hydrogen (secondary N) is 3. The zero-order valence-electron chi connectivity index (χ0n) is 20.0. The van der Waals surface area contributed by atoms with Gasteiger partial charge in [0.15, 0.2) is 12.4 Å². The lowest BCUT2D eigenvalue weighted by atomic mass is 10.1. The van der Waals surface area contributed by atoms with Crippen LogP contribution in [0, 0.1) is 0 Å². The first-order valence-electron chi connectivity index (χ1n) is 11.2. The van der Waals surface area contributed by atoms with Gasteiger partial charge in [-0.15, -0.1) is 12.4 Å². The van der Waals surface area contributed by atoms with Crippen LogP contribution in [-0.2, 0) is 7.05 Å². The molecule has 1 amide bonds. The van der Waals surface area contributed by atoms with Gasteiger partial charge in [-0.25, -0.2) is 4.57 Å².